The molecule has 0 aliphatic carbocycles. The van der Waals surface area contributed by atoms with Gasteiger partial charge in [-0.1, -0.05) is 6.07 Å². The number of nitrogens with zero attached hydrogens (tertiary/aromatic N) is 1. The lowest BCUT2D eigenvalue weighted by Gasteiger charge is -2.28. The molecule has 2 rings (SSSR count). The quantitative estimate of drug-likeness (QED) is 0.908. The van der Waals surface area contributed by atoms with Gasteiger partial charge in [-0.05, 0) is 31.0 Å². The predicted molar refractivity (Wildman–Crippen MR) is 64.7 cm³/mol. The minimum Gasteiger partial charge on any atom is -0.393 e. The summed E-state index contributed by atoms with van der Waals surface area (Å²) in [7, 11) is -1.61. The van der Waals surface area contributed by atoms with Gasteiger partial charge in [0.05, 0.1) is 16.6 Å². The van der Waals surface area contributed by atoms with E-state index in [4.69, 9.17) is 0 Å². The second-order valence-electron chi connectivity index (χ2n) is 4.43. The van der Waals surface area contributed by atoms with Crippen LogP contribution in [-0.2, 0) is 17.2 Å². The summed E-state index contributed by atoms with van der Waals surface area (Å²) in [5.41, 5.74) is -0.796. The Morgan fingerprint density at radius 3 is 2.47 bits per heavy atom. The molecular weight excluding hydrogens is 279 g/mol. The van der Waals surface area contributed by atoms with E-state index in [1.807, 2.05) is 0 Å². The third-order valence-electron chi connectivity index (χ3n) is 3.02. The Balaban J connectivity index is 2.15. The van der Waals surface area contributed by atoms with Crippen LogP contribution in [0.4, 0.5) is 13.2 Å². The summed E-state index contributed by atoms with van der Waals surface area (Å²) >= 11 is 0. The maximum absolute atomic E-state index is 12.6. The van der Waals surface area contributed by atoms with Gasteiger partial charge >= 0.3 is 6.18 Å². The minimum absolute atomic E-state index is 0.145. The molecule has 0 radical (unpaired) electrons. The van der Waals surface area contributed by atoms with Crippen molar-refractivity contribution >= 4 is 11.0 Å². The zero-order valence-electron chi connectivity index (χ0n) is 10.1. The maximum atomic E-state index is 12.6. The fourth-order valence-corrected chi connectivity index (χ4v) is 3.20. The molecule has 1 fully saturated rings. The van der Waals surface area contributed by atoms with Crippen LogP contribution in [-0.4, -0.2) is 32.8 Å². The number of hydrogen-bond donors (Lipinski definition) is 1. The molecule has 1 aliphatic heterocycles. The highest BCUT2D eigenvalue weighted by Gasteiger charge is 2.31. The third-order valence-corrected chi connectivity index (χ3v) is 4.51. The molecule has 0 saturated carbocycles. The molecule has 1 aliphatic rings. The van der Waals surface area contributed by atoms with E-state index in [-0.39, 0.29) is 4.90 Å². The van der Waals surface area contributed by atoms with Gasteiger partial charge in [-0.25, -0.2) is 8.51 Å². The lowest BCUT2D eigenvalue weighted by molar-refractivity contribution is -0.137. The Morgan fingerprint density at radius 1 is 1.26 bits per heavy atom. The van der Waals surface area contributed by atoms with E-state index in [0.29, 0.717) is 25.9 Å². The van der Waals surface area contributed by atoms with E-state index in [2.05, 4.69) is 0 Å². The lowest BCUT2D eigenvalue weighted by Crippen LogP contribution is -2.37. The van der Waals surface area contributed by atoms with E-state index < -0.39 is 28.8 Å². The number of halogens is 3. The Morgan fingerprint density at radius 2 is 1.89 bits per heavy atom. The van der Waals surface area contributed by atoms with E-state index in [1.54, 1.807) is 4.31 Å². The van der Waals surface area contributed by atoms with Crippen LogP contribution in [0.1, 0.15) is 18.4 Å². The Kier molecular flexibility index (Phi) is 4.27. The monoisotopic (exact) mass is 293 g/mol. The van der Waals surface area contributed by atoms with Crippen LogP contribution in [0.5, 0.6) is 0 Å². The molecule has 19 heavy (non-hydrogen) atoms. The highest BCUT2D eigenvalue weighted by atomic mass is 32.2. The number of alkyl halides is 3. The average Bonchev–Trinajstić information content (AvgIpc) is 2.38. The van der Waals surface area contributed by atoms with Gasteiger partial charge in [-0.2, -0.15) is 13.2 Å². The number of aliphatic hydroxyl groups excluding tert-OH is 1. The molecule has 106 valence electrons. The minimum atomic E-state index is -4.43. The second-order valence-corrected chi connectivity index (χ2v) is 5.92. The van der Waals surface area contributed by atoms with Gasteiger partial charge in [-0.3, -0.25) is 0 Å². The van der Waals surface area contributed by atoms with Crippen LogP contribution >= 0.6 is 0 Å². The van der Waals surface area contributed by atoms with Crippen LogP contribution < -0.4 is 0 Å². The van der Waals surface area contributed by atoms with Crippen LogP contribution in [0.3, 0.4) is 0 Å². The first kappa shape index (κ1) is 14.5. The summed E-state index contributed by atoms with van der Waals surface area (Å²) in [4.78, 5) is 0.145. The summed E-state index contributed by atoms with van der Waals surface area (Å²) in [6.45, 7) is 0.841. The summed E-state index contributed by atoms with van der Waals surface area (Å²) in [6.07, 6.45) is -3.86. The Labute approximate surface area is 111 Å². The summed E-state index contributed by atoms with van der Waals surface area (Å²) in [6, 6.07) is 4.56. The molecule has 3 nitrogen and oxygen atoms in total. The summed E-state index contributed by atoms with van der Waals surface area (Å²) in [5.74, 6) is 0. The molecular formula is C12H14F3NO2S. The molecule has 1 heterocycles. The van der Waals surface area contributed by atoms with Gasteiger partial charge in [0.1, 0.15) is 11.0 Å². The highest BCUT2D eigenvalue weighted by molar-refractivity contribution is 7.82. The smallest absolute Gasteiger partial charge is 0.393 e. The van der Waals surface area contributed by atoms with Gasteiger partial charge in [0.25, 0.3) is 0 Å². The number of rotatable bonds is 2. The van der Waals surface area contributed by atoms with Gasteiger partial charge in [0.2, 0.25) is 0 Å². The fraction of sp³-hybridized carbons (Fsp3) is 0.500. The van der Waals surface area contributed by atoms with E-state index in [9.17, 15) is 22.5 Å². The predicted octanol–water partition coefficient (Wildman–Crippen LogP) is 2.18. The van der Waals surface area contributed by atoms with Crippen LogP contribution in [0.2, 0.25) is 0 Å². The van der Waals surface area contributed by atoms with E-state index >= 15 is 0 Å². The van der Waals surface area contributed by atoms with Crippen molar-refractivity contribution in [1.82, 2.24) is 4.31 Å². The molecule has 0 spiro atoms. The van der Waals surface area contributed by atoms with Crippen LogP contribution in [0.25, 0.3) is 0 Å². The first-order valence-corrected chi connectivity index (χ1v) is 7.01. The van der Waals surface area contributed by atoms with Crippen molar-refractivity contribution in [3.63, 3.8) is 0 Å². The Bertz CT molecular complexity index is 470. The zero-order chi connectivity index (χ0) is 14.0. The number of hydrogen-bond acceptors (Lipinski definition) is 2. The zero-order valence-corrected chi connectivity index (χ0v) is 10.9. The van der Waals surface area contributed by atoms with Crippen LogP contribution in [0, 0.1) is 0 Å². The Hall–Kier alpha value is -0.920. The summed E-state index contributed by atoms with van der Waals surface area (Å²) in [5, 5.41) is 9.36. The molecule has 0 bridgehead atoms. The molecule has 1 aromatic rings. The van der Waals surface area contributed by atoms with Gasteiger partial charge in [0, 0.05) is 13.1 Å². The SMILES string of the molecule is O=S(c1cccc(C(F)(F)F)c1)N1CCC(O)CC1. The third kappa shape index (κ3) is 3.55. The normalized spacial score (nSPS) is 20.4. The standard InChI is InChI=1S/C12H14F3NO2S/c13-12(14,15)9-2-1-3-11(8-9)19(18)16-6-4-10(17)5-7-16/h1-3,8,10,17H,4-7H2. The van der Waals surface area contributed by atoms with Gasteiger partial charge < -0.3 is 5.11 Å². The van der Waals surface area contributed by atoms with Crippen molar-refractivity contribution < 1.29 is 22.5 Å². The van der Waals surface area contributed by atoms with Gasteiger partial charge in [0.15, 0.2) is 0 Å². The molecule has 1 atom stereocenters. The van der Waals surface area contributed by atoms with E-state index in [0.717, 1.165) is 12.1 Å². The van der Waals surface area contributed by atoms with Crippen molar-refractivity contribution in [3.8, 4) is 0 Å². The van der Waals surface area contributed by atoms with Crippen molar-refractivity contribution in [2.24, 2.45) is 0 Å². The number of piperidine rings is 1. The van der Waals surface area contributed by atoms with Gasteiger partial charge in [-0.15, -0.1) is 0 Å². The average molecular weight is 293 g/mol. The molecule has 1 N–H and O–H groups in total. The molecule has 1 aromatic carbocycles. The van der Waals surface area contributed by atoms with Crippen molar-refractivity contribution in [1.29, 1.82) is 0 Å². The first-order valence-electron chi connectivity index (χ1n) is 5.90. The molecule has 1 saturated heterocycles. The topological polar surface area (TPSA) is 40.5 Å². The fourth-order valence-electron chi connectivity index (χ4n) is 1.94. The highest BCUT2D eigenvalue weighted by Crippen LogP contribution is 2.30. The molecule has 7 heteroatoms. The maximum Gasteiger partial charge on any atom is 0.416 e. The largest absolute Gasteiger partial charge is 0.416 e. The summed E-state index contributed by atoms with van der Waals surface area (Å²) < 4.78 is 51.5. The van der Waals surface area contributed by atoms with Crippen molar-refractivity contribution in [3.05, 3.63) is 29.8 Å². The van der Waals surface area contributed by atoms with Crippen molar-refractivity contribution in [2.75, 3.05) is 13.1 Å². The van der Waals surface area contributed by atoms with E-state index in [1.165, 1.54) is 12.1 Å². The second kappa shape index (κ2) is 5.60. The molecule has 1 unspecified atom stereocenters. The van der Waals surface area contributed by atoms with Crippen molar-refractivity contribution in [2.45, 2.75) is 30.0 Å². The molecule has 0 amide bonds. The first-order chi connectivity index (χ1) is 8.88. The van der Waals surface area contributed by atoms with Crippen LogP contribution in [0.15, 0.2) is 29.2 Å². The molecule has 0 aromatic heterocycles. The lowest BCUT2D eigenvalue weighted by atomic mass is 10.1. The number of benzene rings is 1. The number of aliphatic hydroxyl groups is 1.